The van der Waals surface area contributed by atoms with Crippen molar-refractivity contribution >= 4 is 12.2 Å². The Morgan fingerprint density at radius 1 is 1.44 bits per heavy atom. The van der Waals surface area contributed by atoms with Crippen molar-refractivity contribution < 1.29 is 22.4 Å². The van der Waals surface area contributed by atoms with E-state index in [1.165, 1.54) is 0 Å². The average Bonchev–Trinajstić information content (AvgIpc) is 2.19. The van der Waals surface area contributed by atoms with Gasteiger partial charge in [0, 0.05) is 5.56 Å². The highest BCUT2D eigenvalue weighted by Gasteiger charge is 2.36. The van der Waals surface area contributed by atoms with E-state index < -0.39 is 29.2 Å². The fraction of sp³-hybridized carbons (Fsp3) is 0.200. The summed E-state index contributed by atoms with van der Waals surface area (Å²) >= 11 is 0. The van der Waals surface area contributed by atoms with Gasteiger partial charge in [-0.25, -0.2) is 14.6 Å². The van der Waals surface area contributed by atoms with Gasteiger partial charge in [0.25, 0.3) is 0 Å². The Balaban J connectivity index is 3.17. The van der Waals surface area contributed by atoms with E-state index in [0.29, 0.717) is 0 Å². The molecule has 0 bridgehead atoms. The van der Waals surface area contributed by atoms with E-state index in [-0.39, 0.29) is 5.56 Å². The molecular formula is C10H9F4N3O. The molecule has 1 aromatic rings. The molecular weight excluding hydrogens is 254 g/mol. The number of alkyl halides is 3. The van der Waals surface area contributed by atoms with Crippen molar-refractivity contribution in [1.29, 1.82) is 0 Å². The number of nitrogens with zero attached hydrogens (tertiary/aromatic N) is 1. The predicted octanol–water partition coefficient (Wildman–Crippen LogP) is 2.16. The maximum Gasteiger partial charge on any atom is 0.419 e. The van der Waals surface area contributed by atoms with E-state index in [1.807, 2.05) is 0 Å². The Labute approximate surface area is 99.5 Å². The van der Waals surface area contributed by atoms with Crippen LogP contribution >= 0.6 is 0 Å². The molecule has 0 aliphatic carbocycles. The van der Waals surface area contributed by atoms with Gasteiger partial charge < -0.3 is 5.73 Å². The quantitative estimate of drug-likeness (QED) is 0.479. The summed E-state index contributed by atoms with van der Waals surface area (Å²) in [5.74, 6) is -1.45. The topological polar surface area (TPSA) is 67.5 Å². The number of hydrazone groups is 1. The molecule has 0 saturated carbocycles. The Morgan fingerprint density at radius 2 is 2.06 bits per heavy atom. The number of hydrogen-bond acceptors (Lipinski definition) is 2. The number of halogens is 4. The van der Waals surface area contributed by atoms with Crippen LogP contribution in [0.5, 0.6) is 0 Å². The van der Waals surface area contributed by atoms with Crippen LogP contribution in [0.3, 0.4) is 0 Å². The molecule has 0 fully saturated rings. The summed E-state index contributed by atoms with van der Waals surface area (Å²) in [7, 11) is 0. The largest absolute Gasteiger partial charge is 0.419 e. The molecule has 0 unspecified atom stereocenters. The first-order valence-corrected chi connectivity index (χ1v) is 4.68. The van der Waals surface area contributed by atoms with Crippen LogP contribution in [-0.4, -0.2) is 12.2 Å². The van der Waals surface area contributed by atoms with Gasteiger partial charge in [-0.1, -0.05) is 12.1 Å². The molecule has 4 nitrogen and oxygen atoms in total. The molecule has 0 aliphatic heterocycles. The lowest BCUT2D eigenvalue weighted by Crippen LogP contribution is -2.24. The number of primary amides is 1. The molecule has 98 valence electrons. The van der Waals surface area contributed by atoms with Crippen molar-refractivity contribution in [2.45, 2.75) is 13.1 Å². The van der Waals surface area contributed by atoms with E-state index >= 15 is 0 Å². The maximum atomic E-state index is 13.6. The molecule has 2 amide bonds. The second-order valence-electron chi connectivity index (χ2n) is 3.39. The molecule has 0 atom stereocenters. The first-order chi connectivity index (χ1) is 8.23. The minimum atomic E-state index is -4.80. The summed E-state index contributed by atoms with van der Waals surface area (Å²) in [6.45, 7) is 1.15. The number of amides is 2. The summed E-state index contributed by atoms with van der Waals surface area (Å²) in [4.78, 5) is 10.3. The van der Waals surface area contributed by atoms with Gasteiger partial charge in [-0.2, -0.15) is 18.3 Å². The standard InChI is InChI=1S/C10H9F4N3O/c1-5-2-3-6(4-16-17-9(15)18)8(11)7(5)10(12,13)14/h2-4H,1H3,(H3,15,17,18). The molecule has 18 heavy (non-hydrogen) atoms. The molecule has 0 spiro atoms. The molecule has 0 heterocycles. The monoisotopic (exact) mass is 263 g/mol. The van der Waals surface area contributed by atoms with Crippen LogP contribution < -0.4 is 11.2 Å². The highest BCUT2D eigenvalue weighted by molar-refractivity contribution is 5.82. The third-order valence-electron chi connectivity index (χ3n) is 2.04. The minimum absolute atomic E-state index is 0.236. The third-order valence-corrected chi connectivity index (χ3v) is 2.04. The van der Waals surface area contributed by atoms with E-state index in [0.717, 1.165) is 25.3 Å². The van der Waals surface area contributed by atoms with E-state index in [2.05, 4.69) is 10.8 Å². The number of rotatable bonds is 2. The maximum absolute atomic E-state index is 13.6. The number of hydrogen-bond donors (Lipinski definition) is 2. The van der Waals surface area contributed by atoms with Crippen LogP contribution in [0.1, 0.15) is 16.7 Å². The normalized spacial score (nSPS) is 11.8. The summed E-state index contributed by atoms with van der Waals surface area (Å²) in [5.41, 5.74) is 4.44. The van der Waals surface area contributed by atoms with Gasteiger partial charge in [0.15, 0.2) is 0 Å². The lowest BCUT2D eigenvalue weighted by molar-refractivity contribution is -0.140. The van der Waals surface area contributed by atoms with Crippen LogP contribution in [0.4, 0.5) is 22.4 Å². The summed E-state index contributed by atoms with van der Waals surface area (Å²) in [5, 5.41) is 3.20. The fourth-order valence-corrected chi connectivity index (χ4v) is 1.30. The Bertz CT molecular complexity index is 497. The van der Waals surface area contributed by atoms with Crippen LogP contribution in [0.15, 0.2) is 17.2 Å². The highest BCUT2D eigenvalue weighted by atomic mass is 19.4. The average molecular weight is 263 g/mol. The molecule has 1 aromatic carbocycles. The van der Waals surface area contributed by atoms with Gasteiger partial charge in [0.2, 0.25) is 0 Å². The lowest BCUT2D eigenvalue weighted by atomic mass is 10.0. The number of carbonyl (C=O) groups is 1. The van der Waals surface area contributed by atoms with Crippen LogP contribution in [0.25, 0.3) is 0 Å². The number of nitrogens with one attached hydrogen (secondary N) is 1. The zero-order valence-electron chi connectivity index (χ0n) is 9.18. The van der Waals surface area contributed by atoms with Gasteiger partial charge >= 0.3 is 12.2 Å². The second kappa shape index (κ2) is 5.03. The Kier molecular flexibility index (Phi) is 3.89. The summed E-state index contributed by atoms with van der Waals surface area (Å²) in [6.07, 6.45) is -4.05. The molecule has 0 aromatic heterocycles. The van der Waals surface area contributed by atoms with E-state index in [9.17, 15) is 22.4 Å². The van der Waals surface area contributed by atoms with Gasteiger partial charge in [-0.05, 0) is 12.5 Å². The van der Waals surface area contributed by atoms with Crippen molar-refractivity contribution in [2.75, 3.05) is 0 Å². The SMILES string of the molecule is Cc1ccc(C=NNC(N)=O)c(F)c1C(F)(F)F. The first kappa shape index (κ1) is 13.9. The van der Waals surface area contributed by atoms with Crippen molar-refractivity contribution in [2.24, 2.45) is 10.8 Å². The van der Waals surface area contributed by atoms with E-state index in [1.54, 1.807) is 5.43 Å². The summed E-state index contributed by atoms with van der Waals surface area (Å²) < 4.78 is 51.3. The first-order valence-electron chi connectivity index (χ1n) is 4.68. The molecule has 1 rings (SSSR count). The number of urea groups is 1. The molecule has 3 N–H and O–H groups in total. The number of benzene rings is 1. The zero-order chi connectivity index (χ0) is 13.9. The Hall–Kier alpha value is -2.12. The minimum Gasteiger partial charge on any atom is -0.350 e. The third kappa shape index (κ3) is 3.19. The molecule has 0 aliphatic rings. The summed E-state index contributed by atoms with van der Waals surface area (Å²) in [6, 6.07) is 1.22. The fourth-order valence-electron chi connectivity index (χ4n) is 1.30. The molecule has 8 heteroatoms. The van der Waals surface area contributed by atoms with E-state index in [4.69, 9.17) is 0 Å². The van der Waals surface area contributed by atoms with Crippen molar-refractivity contribution in [1.82, 2.24) is 5.43 Å². The number of carbonyl (C=O) groups excluding carboxylic acids is 1. The highest BCUT2D eigenvalue weighted by Crippen LogP contribution is 2.34. The van der Waals surface area contributed by atoms with Crippen molar-refractivity contribution in [3.05, 3.63) is 34.6 Å². The zero-order valence-corrected chi connectivity index (χ0v) is 9.18. The lowest BCUT2D eigenvalue weighted by Gasteiger charge is -2.12. The van der Waals surface area contributed by atoms with Gasteiger partial charge in [0.05, 0.1) is 11.8 Å². The van der Waals surface area contributed by atoms with Gasteiger partial charge in [-0.15, -0.1) is 0 Å². The number of nitrogens with two attached hydrogens (primary N) is 1. The predicted molar refractivity (Wildman–Crippen MR) is 56.5 cm³/mol. The number of aryl methyl sites for hydroxylation is 1. The molecule has 0 saturated heterocycles. The van der Waals surface area contributed by atoms with Gasteiger partial charge in [0.1, 0.15) is 5.82 Å². The van der Waals surface area contributed by atoms with Crippen LogP contribution in [0, 0.1) is 12.7 Å². The smallest absolute Gasteiger partial charge is 0.350 e. The van der Waals surface area contributed by atoms with Crippen molar-refractivity contribution in [3.63, 3.8) is 0 Å². The van der Waals surface area contributed by atoms with Gasteiger partial charge in [-0.3, -0.25) is 0 Å². The van der Waals surface area contributed by atoms with Crippen LogP contribution in [-0.2, 0) is 6.18 Å². The van der Waals surface area contributed by atoms with Crippen molar-refractivity contribution in [3.8, 4) is 0 Å². The second-order valence-corrected chi connectivity index (χ2v) is 3.39. The molecule has 0 radical (unpaired) electrons. The Morgan fingerprint density at radius 3 is 2.56 bits per heavy atom. The van der Waals surface area contributed by atoms with Crippen LogP contribution in [0.2, 0.25) is 0 Å².